The molecule has 3 aliphatic rings. The van der Waals surface area contributed by atoms with Crippen molar-refractivity contribution in [3.63, 3.8) is 0 Å². The average molecular weight is 680 g/mol. The van der Waals surface area contributed by atoms with Crippen molar-refractivity contribution < 1.29 is 36.3 Å². The van der Waals surface area contributed by atoms with Crippen molar-refractivity contribution in [3.8, 4) is 0 Å². The first-order valence-electron chi connectivity index (χ1n) is 15.8. The molecule has 1 unspecified atom stereocenters. The molecule has 1 aromatic heterocycles. The molecule has 5 amide bonds. The van der Waals surface area contributed by atoms with Gasteiger partial charge in [0.25, 0.3) is 11.8 Å². The lowest BCUT2D eigenvalue weighted by molar-refractivity contribution is -0.136. The molecule has 3 aliphatic heterocycles. The largest absolute Gasteiger partial charge is 0.367 e. The van der Waals surface area contributed by atoms with E-state index in [-0.39, 0.29) is 34.8 Å². The molecule has 48 heavy (non-hydrogen) atoms. The standard InChI is InChI=1S/C32H34FN7O7S/c33-48(46,47)23-11-9-21(10-12-23)19-39-20-22(35-36-39)5-2-1-3-8-28(42)38-17-15-37(16-18-38)25-7-4-6-24-29(25)32(45)40(31(24)44)26-13-14-27(41)34-30(26)43/h4,6-7,9-12,20,26H,1-3,5,8,13-19H2,(H,34,41,43). The second-order valence-corrected chi connectivity index (χ2v) is 13.4. The molecule has 16 heteroatoms. The topological polar surface area (TPSA) is 172 Å². The Hall–Kier alpha value is -4.99. The molecule has 1 atom stereocenters. The van der Waals surface area contributed by atoms with Crippen molar-refractivity contribution in [1.82, 2.24) is 30.1 Å². The molecule has 14 nitrogen and oxygen atoms in total. The summed E-state index contributed by atoms with van der Waals surface area (Å²) >= 11 is 0. The van der Waals surface area contributed by atoms with E-state index in [0.29, 0.717) is 51.3 Å². The Morgan fingerprint density at radius 1 is 0.938 bits per heavy atom. The van der Waals surface area contributed by atoms with Crippen molar-refractivity contribution in [2.75, 3.05) is 31.1 Å². The lowest BCUT2D eigenvalue weighted by Crippen LogP contribution is -2.54. The fourth-order valence-electron chi connectivity index (χ4n) is 6.35. The summed E-state index contributed by atoms with van der Waals surface area (Å²) in [6.45, 7) is 2.27. The minimum atomic E-state index is -4.74. The predicted octanol–water partition coefficient (Wildman–Crippen LogP) is 1.84. The van der Waals surface area contributed by atoms with Crippen molar-refractivity contribution in [2.45, 2.75) is 62.4 Å². The normalized spacial score (nSPS) is 18.4. The number of hydrogen-bond acceptors (Lipinski definition) is 10. The molecule has 0 saturated carbocycles. The van der Waals surface area contributed by atoms with Gasteiger partial charge in [-0.2, -0.15) is 8.42 Å². The molecule has 0 bridgehead atoms. The van der Waals surface area contributed by atoms with Crippen molar-refractivity contribution in [1.29, 1.82) is 0 Å². The Balaban J connectivity index is 0.940. The Morgan fingerprint density at radius 2 is 1.69 bits per heavy atom. The van der Waals surface area contributed by atoms with Crippen molar-refractivity contribution in [2.24, 2.45) is 0 Å². The predicted molar refractivity (Wildman–Crippen MR) is 168 cm³/mol. The molecule has 4 heterocycles. The van der Waals surface area contributed by atoms with E-state index in [1.165, 1.54) is 24.3 Å². The number of unbranched alkanes of at least 4 members (excludes halogenated alkanes) is 2. The summed E-state index contributed by atoms with van der Waals surface area (Å²) in [6, 6.07) is 9.49. The maximum absolute atomic E-state index is 13.5. The zero-order chi connectivity index (χ0) is 34.0. The summed E-state index contributed by atoms with van der Waals surface area (Å²) < 4.78 is 36.7. The Bertz CT molecular complexity index is 1870. The third kappa shape index (κ3) is 6.98. The Kier molecular flexibility index (Phi) is 9.35. The number of rotatable bonds is 11. The first kappa shape index (κ1) is 32.9. The lowest BCUT2D eigenvalue weighted by Gasteiger charge is -2.37. The molecule has 2 fully saturated rings. The fourth-order valence-corrected chi connectivity index (χ4v) is 6.81. The number of carbonyl (C=O) groups excluding carboxylic acids is 5. The maximum Gasteiger partial charge on any atom is 0.332 e. The Morgan fingerprint density at radius 3 is 2.40 bits per heavy atom. The van der Waals surface area contributed by atoms with E-state index in [9.17, 15) is 36.3 Å². The van der Waals surface area contributed by atoms with Crippen LogP contribution in [0.4, 0.5) is 9.57 Å². The van der Waals surface area contributed by atoms with Crippen LogP contribution in [0.25, 0.3) is 0 Å². The number of imide groups is 2. The number of aryl methyl sites for hydroxylation is 1. The number of anilines is 1. The number of benzene rings is 2. The van der Waals surface area contributed by atoms with Gasteiger partial charge in [-0.05, 0) is 55.5 Å². The zero-order valence-electron chi connectivity index (χ0n) is 26.0. The molecule has 0 spiro atoms. The Labute approximate surface area is 276 Å². The van der Waals surface area contributed by atoms with Crippen molar-refractivity contribution >= 4 is 45.4 Å². The minimum absolute atomic E-state index is 0.0515. The second-order valence-electron chi connectivity index (χ2n) is 12.1. The monoisotopic (exact) mass is 679 g/mol. The van der Waals surface area contributed by atoms with E-state index in [2.05, 4.69) is 15.6 Å². The van der Waals surface area contributed by atoms with Gasteiger partial charge in [-0.15, -0.1) is 8.98 Å². The molecule has 2 saturated heterocycles. The molecule has 6 rings (SSSR count). The van der Waals surface area contributed by atoms with Crippen LogP contribution in [0, 0.1) is 0 Å². The van der Waals surface area contributed by atoms with Gasteiger partial charge in [0.05, 0.1) is 33.9 Å². The quantitative estimate of drug-likeness (QED) is 0.179. The number of amides is 5. The van der Waals surface area contributed by atoms with Crippen LogP contribution in [-0.2, 0) is 37.6 Å². The minimum Gasteiger partial charge on any atom is -0.367 e. The van der Waals surface area contributed by atoms with Crippen LogP contribution in [0.5, 0.6) is 0 Å². The number of piperidine rings is 1. The maximum atomic E-state index is 13.5. The van der Waals surface area contributed by atoms with E-state index in [4.69, 9.17) is 0 Å². The zero-order valence-corrected chi connectivity index (χ0v) is 26.8. The highest BCUT2D eigenvalue weighted by atomic mass is 32.3. The molecular weight excluding hydrogens is 645 g/mol. The first-order chi connectivity index (χ1) is 23.0. The van der Waals surface area contributed by atoms with Gasteiger partial charge in [-0.3, -0.25) is 34.2 Å². The summed E-state index contributed by atoms with van der Waals surface area (Å²) in [4.78, 5) is 68.0. The number of piperazine rings is 1. The number of halogens is 1. The molecule has 1 N–H and O–H groups in total. The summed E-state index contributed by atoms with van der Waals surface area (Å²) in [6.07, 6.45) is 5.42. The lowest BCUT2D eigenvalue weighted by atomic mass is 10.0. The van der Waals surface area contributed by atoms with Gasteiger partial charge < -0.3 is 9.80 Å². The average Bonchev–Trinajstić information content (AvgIpc) is 3.61. The van der Waals surface area contributed by atoms with Gasteiger partial charge in [0.15, 0.2) is 0 Å². The first-order valence-corrected chi connectivity index (χ1v) is 17.2. The van der Waals surface area contributed by atoms with Gasteiger partial charge in [-0.25, -0.2) is 4.68 Å². The van der Waals surface area contributed by atoms with Gasteiger partial charge in [0.1, 0.15) is 6.04 Å². The third-order valence-electron chi connectivity index (χ3n) is 8.88. The van der Waals surface area contributed by atoms with Gasteiger partial charge in [0, 0.05) is 45.2 Å². The van der Waals surface area contributed by atoms with Crippen LogP contribution in [0.15, 0.2) is 53.6 Å². The number of nitrogens with zero attached hydrogens (tertiary/aromatic N) is 6. The number of carbonyl (C=O) groups is 5. The summed E-state index contributed by atoms with van der Waals surface area (Å²) in [5.41, 5.74) is 2.62. The van der Waals surface area contributed by atoms with Crippen LogP contribution in [0.1, 0.15) is 70.5 Å². The fraction of sp³-hybridized carbons (Fsp3) is 0.406. The summed E-state index contributed by atoms with van der Waals surface area (Å²) in [5, 5.41) is 10.5. The van der Waals surface area contributed by atoms with Crippen LogP contribution in [0.3, 0.4) is 0 Å². The van der Waals surface area contributed by atoms with Crippen LogP contribution in [0.2, 0.25) is 0 Å². The highest BCUT2D eigenvalue weighted by Gasteiger charge is 2.46. The second kappa shape index (κ2) is 13.6. The van der Waals surface area contributed by atoms with E-state index < -0.39 is 39.9 Å². The third-order valence-corrected chi connectivity index (χ3v) is 9.71. The van der Waals surface area contributed by atoms with Gasteiger partial charge in [-0.1, -0.05) is 29.8 Å². The molecular formula is C32H34FN7O7S. The van der Waals surface area contributed by atoms with Crippen LogP contribution in [-0.4, -0.2) is 95.0 Å². The molecule has 3 aromatic rings. The van der Waals surface area contributed by atoms with Gasteiger partial charge >= 0.3 is 10.2 Å². The number of nitrogens with one attached hydrogen (secondary N) is 1. The highest BCUT2D eigenvalue weighted by molar-refractivity contribution is 7.86. The van der Waals surface area contributed by atoms with E-state index in [1.54, 1.807) is 22.9 Å². The molecule has 0 aliphatic carbocycles. The molecule has 2 aromatic carbocycles. The SMILES string of the molecule is O=C1CCC(N2C(=O)c3cccc(N4CCN(C(=O)CCCCCc5cn(Cc6ccc(S(=O)(=O)F)cc6)nn5)CC4)c3C2=O)C(=O)N1. The molecule has 0 radical (unpaired) electrons. The summed E-state index contributed by atoms with van der Waals surface area (Å²) in [5.74, 6) is -2.12. The number of aromatic nitrogens is 3. The van der Waals surface area contributed by atoms with Crippen molar-refractivity contribution in [3.05, 3.63) is 71.0 Å². The van der Waals surface area contributed by atoms with Gasteiger partial charge in [0.2, 0.25) is 17.7 Å². The number of hydrogen-bond donors (Lipinski definition) is 1. The van der Waals surface area contributed by atoms with E-state index >= 15 is 0 Å². The van der Waals surface area contributed by atoms with E-state index in [0.717, 1.165) is 35.4 Å². The molecule has 252 valence electrons. The van der Waals surface area contributed by atoms with Crippen LogP contribution >= 0.6 is 0 Å². The smallest absolute Gasteiger partial charge is 0.332 e. The van der Waals surface area contributed by atoms with E-state index in [1.807, 2.05) is 16.0 Å². The number of fused-ring (bicyclic) bond motifs is 1. The van der Waals surface area contributed by atoms with Crippen LogP contribution < -0.4 is 10.2 Å². The summed E-state index contributed by atoms with van der Waals surface area (Å²) in [7, 11) is -4.74. The highest BCUT2D eigenvalue weighted by Crippen LogP contribution is 2.34.